The van der Waals surface area contributed by atoms with Gasteiger partial charge in [-0.2, -0.15) is 0 Å². The number of anilines is 1. The van der Waals surface area contributed by atoms with Gasteiger partial charge in [-0.15, -0.1) is 0 Å². The first kappa shape index (κ1) is 14.9. The molecule has 0 bridgehead atoms. The van der Waals surface area contributed by atoms with Gasteiger partial charge in [0.2, 0.25) is 0 Å². The van der Waals surface area contributed by atoms with E-state index in [1.165, 1.54) is 12.1 Å². The van der Waals surface area contributed by atoms with Crippen molar-refractivity contribution >= 4 is 40.9 Å². The average molecular weight is 317 g/mol. The van der Waals surface area contributed by atoms with E-state index >= 15 is 0 Å². The van der Waals surface area contributed by atoms with Crippen LogP contribution in [0.15, 0.2) is 12.1 Å². The summed E-state index contributed by atoms with van der Waals surface area (Å²) in [6, 6.07) is 2.33. The lowest BCUT2D eigenvalue weighted by Gasteiger charge is -2.12. The summed E-state index contributed by atoms with van der Waals surface area (Å²) in [5, 5.41) is 14.7. The second-order valence-corrected chi connectivity index (χ2v) is 5.57. The van der Waals surface area contributed by atoms with Crippen LogP contribution in [0.3, 0.4) is 0 Å². The first-order valence-electron chi connectivity index (χ1n) is 6.22. The number of carboxylic acids is 1. The van der Waals surface area contributed by atoms with Crippen LogP contribution >= 0.6 is 23.2 Å². The van der Waals surface area contributed by atoms with Crippen molar-refractivity contribution in [3.63, 3.8) is 0 Å². The number of carboxylic acid groups (broad SMARTS) is 1. The van der Waals surface area contributed by atoms with Crippen molar-refractivity contribution in [2.45, 2.75) is 25.8 Å². The fourth-order valence-electron chi connectivity index (χ4n) is 2.06. The van der Waals surface area contributed by atoms with Crippen LogP contribution in [0.25, 0.3) is 0 Å². The number of hydrogen-bond acceptors (Lipinski definition) is 2. The van der Waals surface area contributed by atoms with Crippen molar-refractivity contribution in [2.24, 2.45) is 5.92 Å². The summed E-state index contributed by atoms with van der Waals surface area (Å²) in [5.41, 5.74) is -0.0877. The molecule has 0 saturated heterocycles. The molecule has 1 fully saturated rings. The Morgan fingerprint density at radius 3 is 2.65 bits per heavy atom. The molecule has 1 aromatic rings. The minimum absolute atomic E-state index is 0.0507. The molecule has 108 valence electrons. The van der Waals surface area contributed by atoms with Crippen LogP contribution in [0.2, 0.25) is 10.0 Å². The lowest BCUT2D eigenvalue weighted by molar-refractivity contribution is 0.0698. The van der Waals surface area contributed by atoms with E-state index in [0.717, 1.165) is 12.8 Å². The van der Waals surface area contributed by atoms with Gasteiger partial charge >= 0.3 is 12.0 Å². The molecule has 0 aromatic heterocycles. The Balaban J connectivity index is 2.12. The second kappa shape index (κ2) is 5.89. The Morgan fingerprint density at radius 1 is 1.40 bits per heavy atom. The van der Waals surface area contributed by atoms with E-state index in [9.17, 15) is 9.59 Å². The van der Waals surface area contributed by atoms with Crippen molar-refractivity contribution in [3.8, 4) is 0 Å². The maximum absolute atomic E-state index is 11.8. The zero-order valence-electron chi connectivity index (χ0n) is 10.7. The highest BCUT2D eigenvalue weighted by Crippen LogP contribution is 2.34. The SMILES string of the molecule is CCC1CC1NC(=O)Nc1c(Cl)cc(Cl)cc1C(=O)O. The van der Waals surface area contributed by atoms with Gasteiger partial charge in [-0.25, -0.2) is 9.59 Å². The maximum Gasteiger partial charge on any atom is 0.337 e. The summed E-state index contributed by atoms with van der Waals surface area (Å²) < 4.78 is 0. The number of carbonyl (C=O) groups excluding carboxylic acids is 1. The fourth-order valence-corrected chi connectivity index (χ4v) is 2.60. The van der Waals surface area contributed by atoms with Crippen molar-refractivity contribution in [3.05, 3.63) is 27.7 Å². The molecule has 2 atom stereocenters. The normalized spacial score (nSPS) is 20.4. The van der Waals surface area contributed by atoms with Crippen LogP contribution in [0.1, 0.15) is 30.1 Å². The number of halogens is 2. The van der Waals surface area contributed by atoms with E-state index < -0.39 is 12.0 Å². The summed E-state index contributed by atoms with van der Waals surface area (Å²) in [7, 11) is 0. The van der Waals surface area contributed by atoms with Crippen LogP contribution in [-0.2, 0) is 0 Å². The number of urea groups is 1. The molecule has 1 saturated carbocycles. The highest BCUT2D eigenvalue weighted by molar-refractivity contribution is 6.37. The predicted octanol–water partition coefficient (Wildman–Crippen LogP) is 3.61. The van der Waals surface area contributed by atoms with Crippen LogP contribution in [0.4, 0.5) is 10.5 Å². The predicted molar refractivity (Wildman–Crippen MR) is 77.8 cm³/mol. The number of nitrogens with one attached hydrogen (secondary N) is 2. The van der Waals surface area contributed by atoms with Crippen molar-refractivity contribution in [1.29, 1.82) is 0 Å². The summed E-state index contributed by atoms with van der Waals surface area (Å²) in [6.45, 7) is 2.06. The molecule has 0 spiro atoms. The van der Waals surface area contributed by atoms with Gasteiger partial charge in [0, 0.05) is 11.1 Å². The Morgan fingerprint density at radius 2 is 2.10 bits per heavy atom. The number of amides is 2. The van der Waals surface area contributed by atoms with Crippen molar-refractivity contribution < 1.29 is 14.7 Å². The molecular formula is C13H14Cl2N2O3. The molecule has 2 amide bonds. The molecule has 1 aliphatic carbocycles. The van der Waals surface area contributed by atoms with E-state index in [0.29, 0.717) is 5.92 Å². The van der Waals surface area contributed by atoms with Gasteiger partial charge in [-0.05, 0) is 24.5 Å². The molecule has 5 nitrogen and oxygen atoms in total. The van der Waals surface area contributed by atoms with Gasteiger partial charge in [-0.3, -0.25) is 0 Å². The molecule has 0 heterocycles. The van der Waals surface area contributed by atoms with Gasteiger partial charge in [0.05, 0.1) is 16.3 Å². The largest absolute Gasteiger partial charge is 0.478 e. The number of aromatic carboxylic acids is 1. The van der Waals surface area contributed by atoms with E-state index in [1.54, 1.807) is 0 Å². The number of hydrogen-bond donors (Lipinski definition) is 3. The Kier molecular flexibility index (Phi) is 4.40. The number of carbonyl (C=O) groups is 2. The molecule has 2 unspecified atom stereocenters. The van der Waals surface area contributed by atoms with Gasteiger partial charge in [0.15, 0.2) is 0 Å². The molecule has 7 heteroatoms. The van der Waals surface area contributed by atoms with E-state index in [1.807, 2.05) is 0 Å². The molecule has 3 N–H and O–H groups in total. The zero-order chi connectivity index (χ0) is 14.9. The molecule has 1 aliphatic rings. The maximum atomic E-state index is 11.8. The molecule has 2 rings (SSSR count). The first-order valence-corrected chi connectivity index (χ1v) is 6.97. The van der Waals surface area contributed by atoms with E-state index in [2.05, 4.69) is 17.6 Å². The van der Waals surface area contributed by atoms with Crippen LogP contribution < -0.4 is 10.6 Å². The van der Waals surface area contributed by atoms with E-state index in [-0.39, 0.29) is 27.3 Å². The van der Waals surface area contributed by atoms with Gasteiger partial charge in [0.25, 0.3) is 0 Å². The monoisotopic (exact) mass is 316 g/mol. The minimum Gasteiger partial charge on any atom is -0.478 e. The fraction of sp³-hybridized carbons (Fsp3) is 0.385. The topological polar surface area (TPSA) is 78.4 Å². The summed E-state index contributed by atoms with van der Waals surface area (Å²) in [6.07, 6.45) is 1.96. The Bertz CT molecular complexity index is 563. The standard InChI is InChI=1S/C13H14Cl2N2O3/c1-2-6-3-10(6)16-13(20)17-11-8(12(18)19)4-7(14)5-9(11)15/h4-6,10H,2-3H2,1H3,(H,18,19)(H2,16,17,20). The molecule has 1 aromatic carbocycles. The van der Waals surface area contributed by atoms with Gasteiger partial charge < -0.3 is 15.7 Å². The number of rotatable bonds is 4. The molecule has 0 radical (unpaired) electrons. The zero-order valence-corrected chi connectivity index (χ0v) is 12.3. The van der Waals surface area contributed by atoms with Crippen molar-refractivity contribution in [2.75, 3.05) is 5.32 Å². The van der Waals surface area contributed by atoms with E-state index in [4.69, 9.17) is 28.3 Å². The average Bonchev–Trinajstić information content (AvgIpc) is 3.10. The summed E-state index contributed by atoms with van der Waals surface area (Å²) >= 11 is 11.7. The highest BCUT2D eigenvalue weighted by atomic mass is 35.5. The molecule has 20 heavy (non-hydrogen) atoms. The van der Waals surface area contributed by atoms with Crippen LogP contribution in [-0.4, -0.2) is 23.1 Å². The lowest BCUT2D eigenvalue weighted by Crippen LogP contribution is -2.32. The second-order valence-electron chi connectivity index (χ2n) is 4.72. The van der Waals surface area contributed by atoms with Crippen LogP contribution in [0, 0.1) is 5.92 Å². The number of benzene rings is 1. The molecule has 0 aliphatic heterocycles. The summed E-state index contributed by atoms with van der Waals surface area (Å²) in [4.78, 5) is 23.0. The smallest absolute Gasteiger partial charge is 0.337 e. The highest BCUT2D eigenvalue weighted by Gasteiger charge is 2.36. The Hall–Kier alpha value is -1.46. The third-order valence-electron chi connectivity index (χ3n) is 3.29. The van der Waals surface area contributed by atoms with Crippen LogP contribution in [0.5, 0.6) is 0 Å². The van der Waals surface area contributed by atoms with Crippen molar-refractivity contribution in [1.82, 2.24) is 5.32 Å². The lowest BCUT2D eigenvalue weighted by atomic mass is 10.2. The summed E-state index contributed by atoms with van der Waals surface area (Å²) in [5.74, 6) is -0.706. The first-order chi connectivity index (χ1) is 9.42. The third kappa shape index (κ3) is 3.35. The van der Waals surface area contributed by atoms with Gasteiger partial charge in [0.1, 0.15) is 0 Å². The minimum atomic E-state index is -1.21. The molecular weight excluding hydrogens is 303 g/mol. The Labute approximate surface area is 126 Å². The quantitative estimate of drug-likeness (QED) is 0.794. The van der Waals surface area contributed by atoms with Gasteiger partial charge in [-0.1, -0.05) is 36.5 Å². The third-order valence-corrected chi connectivity index (χ3v) is 3.80.